The van der Waals surface area contributed by atoms with Crippen LogP contribution < -0.4 is 10.4 Å². The van der Waals surface area contributed by atoms with E-state index in [0.29, 0.717) is 23.6 Å². The molecule has 1 aromatic carbocycles. The molecule has 4 bridgehead atoms. The monoisotopic (exact) mass is 384 g/mol. The number of fused-ring (bicyclic) bond motifs is 1. The molecular formula is C21H20O7. The molecule has 4 fully saturated rings. The predicted octanol–water partition coefficient (Wildman–Crippen LogP) is 2.73. The van der Waals surface area contributed by atoms with Gasteiger partial charge in [-0.1, -0.05) is 0 Å². The predicted molar refractivity (Wildman–Crippen MR) is 97.1 cm³/mol. The van der Waals surface area contributed by atoms with Crippen LogP contribution in [-0.2, 0) is 4.79 Å². The quantitative estimate of drug-likeness (QED) is 0.475. The lowest BCUT2D eigenvalue weighted by Crippen LogP contribution is -2.59. The highest BCUT2D eigenvalue weighted by molar-refractivity contribution is 5.92. The average Bonchev–Trinajstić information content (AvgIpc) is 2.58. The molecule has 0 spiro atoms. The summed E-state index contributed by atoms with van der Waals surface area (Å²) in [6.45, 7) is 0. The van der Waals surface area contributed by atoms with Crippen molar-refractivity contribution in [1.82, 2.24) is 0 Å². The standard InChI is InChI=1S/C21H20O7/c22-17(23)15-4-13-1-2-14(5-16(13)28-18(15)24)27-19(25)20-6-11-3-12(7-20)9-21(26,8-11)10-20/h1-2,4-5,11-12,26H,3,6-10H2,(H,22,23). The highest BCUT2D eigenvalue weighted by atomic mass is 16.5. The Hall–Kier alpha value is -2.67. The van der Waals surface area contributed by atoms with Crippen LogP contribution in [0.1, 0.15) is 48.9 Å². The van der Waals surface area contributed by atoms with Gasteiger partial charge in [0.05, 0.1) is 11.0 Å². The van der Waals surface area contributed by atoms with E-state index in [2.05, 4.69) is 0 Å². The second-order valence-corrected chi connectivity index (χ2v) is 8.81. The summed E-state index contributed by atoms with van der Waals surface area (Å²) < 4.78 is 10.7. The van der Waals surface area contributed by atoms with Crippen LogP contribution in [-0.4, -0.2) is 27.8 Å². The largest absolute Gasteiger partial charge is 0.477 e. The number of aliphatic hydroxyl groups is 1. The maximum atomic E-state index is 13.1. The molecule has 0 saturated heterocycles. The summed E-state index contributed by atoms with van der Waals surface area (Å²) in [5.74, 6) is -0.730. The molecule has 4 aliphatic rings. The van der Waals surface area contributed by atoms with Crippen LogP contribution in [0, 0.1) is 17.3 Å². The number of esters is 1. The first-order valence-corrected chi connectivity index (χ1v) is 9.51. The Morgan fingerprint density at radius 2 is 1.82 bits per heavy atom. The Bertz CT molecular complexity index is 1050. The number of carboxylic acids is 1. The zero-order valence-electron chi connectivity index (χ0n) is 15.1. The second-order valence-electron chi connectivity index (χ2n) is 8.81. The third kappa shape index (κ3) is 2.64. The van der Waals surface area contributed by atoms with Crippen molar-refractivity contribution in [3.63, 3.8) is 0 Å². The lowest BCUT2D eigenvalue weighted by Gasteiger charge is -2.58. The first-order valence-electron chi connectivity index (χ1n) is 9.51. The number of carbonyl (C=O) groups is 2. The molecule has 4 saturated carbocycles. The zero-order valence-corrected chi connectivity index (χ0v) is 15.1. The summed E-state index contributed by atoms with van der Waals surface area (Å²) in [6.07, 6.45) is 4.54. The molecule has 1 heterocycles. The maximum absolute atomic E-state index is 13.1. The van der Waals surface area contributed by atoms with Crippen molar-refractivity contribution in [3.05, 3.63) is 40.2 Å². The highest BCUT2D eigenvalue weighted by Gasteiger charge is 2.61. The minimum absolute atomic E-state index is 0.157. The third-order valence-electron chi connectivity index (χ3n) is 6.61. The lowest BCUT2D eigenvalue weighted by molar-refractivity contribution is -0.188. The second kappa shape index (κ2) is 5.67. The van der Waals surface area contributed by atoms with Gasteiger partial charge in [-0.15, -0.1) is 0 Å². The summed E-state index contributed by atoms with van der Waals surface area (Å²) in [6, 6.07) is 5.78. The summed E-state index contributed by atoms with van der Waals surface area (Å²) in [4.78, 5) is 35.9. The van der Waals surface area contributed by atoms with Crippen LogP contribution in [0.2, 0.25) is 0 Å². The van der Waals surface area contributed by atoms with E-state index in [0.717, 1.165) is 32.1 Å². The van der Waals surface area contributed by atoms with Gasteiger partial charge in [-0.25, -0.2) is 9.59 Å². The van der Waals surface area contributed by atoms with Crippen LogP contribution in [0.15, 0.2) is 33.5 Å². The van der Waals surface area contributed by atoms with E-state index in [4.69, 9.17) is 14.3 Å². The maximum Gasteiger partial charge on any atom is 0.351 e. The van der Waals surface area contributed by atoms with Crippen molar-refractivity contribution < 1.29 is 29.0 Å². The lowest BCUT2D eigenvalue weighted by atomic mass is 9.48. The van der Waals surface area contributed by atoms with E-state index in [-0.39, 0.29) is 17.3 Å². The Morgan fingerprint density at radius 1 is 1.11 bits per heavy atom. The van der Waals surface area contributed by atoms with Crippen LogP contribution in [0.5, 0.6) is 5.75 Å². The molecular weight excluding hydrogens is 364 g/mol. The van der Waals surface area contributed by atoms with E-state index in [9.17, 15) is 19.5 Å². The molecule has 4 aliphatic carbocycles. The van der Waals surface area contributed by atoms with Crippen molar-refractivity contribution in [3.8, 4) is 5.75 Å². The molecule has 1 aromatic heterocycles. The van der Waals surface area contributed by atoms with Gasteiger partial charge in [0.15, 0.2) is 0 Å². The summed E-state index contributed by atoms with van der Waals surface area (Å²) in [5, 5.41) is 20.3. The molecule has 7 nitrogen and oxygen atoms in total. The van der Waals surface area contributed by atoms with Gasteiger partial charge < -0.3 is 19.4 Å². The number of hydrogen-bond acceptors (Lipinski definition) is 6. The van der Waals surface area contributed by atoms with E-state index < -0.39 is 28.2 Å². The molecule has 0 radical (unpaired) electrons. The molecule has 28 heavy (non-hydrogen) atoms. The fourth-order valence-corrected chi connectivity index (χ4v) is 5.97. The summed E-state index contributed by atoms with van der Waals surface area (Å²) >= 11 is 0. The van der Waals surface area contributed by atoms with Crippen LogP contribution in [0.3, 0.4) is 0 Å². The summed E-state index contributed by atoms with van der Waals surface area (Å²) in [5.41, 5.74) is -2.65. The van der Waals surface area contributed by atoms with E-state index in [1.54, 1.807) is 12.1 Å². The van der Waals surface area contributed by atoms with Gasteiger partial charge in [-0.3, -0.25) is 4.79 Å². The molecule has 7 heteroatoms. The number of carboxylic acid groups (broad SMARTS) is 1. The minimum atomic E-state index is -1.36. The molecule has 0 amide bonds. The van der Waals surface area contributed by atoms with Crippen LogP contribution >= 0.6 is 0 Å². The molecule has 2 N–H and O–H groups in total. The van der Waals surface area contributed by atoms with E-state index in [1.165, 1.54) is 12.1 Å². The molecule has 2 aromatic rings. The molecule has 146 valence electrons. The average molecular weight is 384 g/mol. The fraction of sp³-hybridized carbons (Fsp3) is 0.476. The topological polar surface area (TPSA) is 114 Å². The van der Waals surface area contributed by atoms with Gasteiger partial charge in [0.1, 0.15) is 16.9 Å². The van der Waals surface area contributed by atoms with Crippen molar-refractivity contribution >= 4 is 22.9 Å². The normalized spacial score (nSPS) is 33.2. The van der Waals surface area contributed by atoms with Gasteiger partial charge in [0.2, 0.25) is 0 Å². The number of rotatable bonds is 3. The Balaban J connectivity index is 1.44. The molecule has 2 atom stereocenters. The third-order valence-corrected chi connectivity index (χ3v) is 6.61. The van der Waals surface area contributed by atoms with Crippen molar-refractivity contribution in [1.29, 1.82) is 0 Å². The smallest absolute Gasteiger partial charge is 0.351 e. The van der Waals surface area contributed by atoms with Gasteiger partial charge in [-0.05, 0) is 68.6 Å². The van der Waals surface area contributed by atoms with E-state index in [1.807, 2.05) is 0 Å². The molecule has 2 unspecified atom stereocenters. The van der Waals surface area contributed by atoms with Crippen LogP contribution in [0.25, 0.3) is 11.0 Å². The van der Waals surface area contributed by atoms with Crippen LogP contribution in [0.4, 0.5) is 0 Å². The van der Waals surface area contributed by atoms with Crippen molar-refractivity contribution in [2.24, 2.45) is 17.3 Å². The molecule has 6 rings (SSSR count). The van der Waals surface area contributed by atoms with Gasteiger partial charge in [0.25, 0.3) is 0 Å². The number of aromatic carboxylic acids is 1. The Kier molecular flexibility index (Phi) is 3.53. The van der Waals surface area contributed by atoms with Crippen molar-refractivity contribution in [2.45, 2.75) is 44.1 Å². The number of benzene rings is 1. The minimum Gasteiger partial charge on any atom is -0.477 e. The first kappa shape index (κ1) is 17.4. The molecule has 0 aliphatic heterocycles. The van der Waals surface area contributed by atoms with Gasteiger partial charge in [0, 0.05) is 11.5 Å². The number of ether oxygens (including phenoxy) is 1. The van der Waals surface area contributed by atoms with Gasteiger partial charge >= 0.3 is 17.6 Å². The fourth-order valence-electron chi connectivity index (χ4n) is 5.97. The van der Waals surface area contributed by atoms with Gasteiger partial charge in [-0.2, -0.15) is 0 Å². The zero-order chi connectivity index (χ0) is 19.7. The Morgan fingerprint density at radius 3 is 2.46 bits per heavy atom. The summed E-state index contributed by atoms with van der Waals surface area (Å²) in [7, 11) is 0. The first-order chi connectivity index (χ1) is 13.3. The Labute approximate surface area is 159 Å². The number of hydrogen-bond donors (Lipinski definition) is 2. The van der Waals surface area contributed by atoms with E-state index >= 15 is 0 Å². The SMILES string of the molecule is O=C(O)c1cc2ccc(OC(=O)C34CC5CC(CC(O)(C5)C3)C4)cc2oc1=O. The number of carbonyl (C=O) groups excluding carboxylic acids is 1. The van der Waals surface area contributed by atoms with Crippen molar-refractivity contribution in [2.75, 3.05) is 0 Å². The highest BCUT2D eigenvalue weighted by Crippen LogP contribution is 2.61.